The van der Waals surface area contributed by atoms with Crippen LogP contribution in [0.5, 0.6) is 5.75 Å². The average molecular weight is 369 g/mol. The summed E-state index contributed by atoms with van der Waals surface area (Å²) in [5.41, 5.74) is 4.76. The van der Waals surface area contributed by atoms with Crippen molar-refractivity contribution in [1.29, 1.82) is 0 Å². The van der Waals surface area contributed by atoms with Crippen molar-refractivity contribution in [2.24, 2.45) is 0 Å². The van der Waals surface area contributed by atoms with Crippen LogP contribution in [0.2, 0.25) is 0 Å². The van der Waals surface area contributed by atoms with Gasteiger partial charge in [-0.25, -0.2) is 0 Å². The topological polar surface area (TPSA) is 70.7 Å². The Balaban J connectivity index is 2.02. The van der Waals surface area contributed by atoms with E-state index in [4.69, 9.17) is 4.74 Å². The summed E-state index contributed by atoms with van der Waals surface area (Å²) >= 11 is 0. The Morgan fingerprint density at radius 1 is 1.07 bits per heavy atom. The quantitative estimate of drug-likeness (QED) is 0.785. The Morgan fingerprint density at radius 3 is 2.44 bits per heavy atom. The molecule has 0 aliphatic heterocycles. The third kappa shape index (κ3) is 6.11. The molecular weight excluding hydrogens is 342 g/mol. The molecule has 0 atom stereocenters. The van der Waals surface area contributed by atoms with E-state index in [0.717, 1.165) is 0 Å². The summed E-state index contributed by atoms with van der Waals surface area (Å²) in [4.78, 5) is 25.6. The van der Waals surface area contributed by atoms with Crippen molar-refractivity contribution in [3.05, 3.63) is 53.1 Å². The van der Waals surface area contributed by atoms with Crippen molar-refractivity contribution in [1.82, 2.24) is 4.90 Å². The van der Waals surface area contributed by atoms with Crippen molar-refractivity contribution >= 4 is 23.2 Å². The van der Waals surface area contributed by atoms with Crippen LogP contribution < -0.4 is 15.4 Å². The summed E-state index contributed by atoms with van der Waals surface area (Å²) in [6.07, 6.45) is 0. The summed E-state index contributed by atoms with van der Waals surface area (Å²) in [5, 5.41) is 5.56. The number of amides is 2. The van der Waals surface area contributed by atoms with Crippen molar-refractivity contribution in [3.63, 3.8) is 0 Å². The molecule has 0 radical (unpaired) electrons. The molecule has 0 bridgehead atoms. The fourth-order valence-electron chi connectivity index (χ4n) is 2.89. The summed E-state index contributed by atoms with van der Waals surface area (Å²) in [6, 6.07) is 11.4. The van der Waals surface area contributed by atoms with Crippen LogP contribution in [0.15, 0.2) is 36.4 Å². The maximum atomic E-state index is 12.5. The van der Waals surface area contributed by atoms with Crippen LogP contribution in [-0.4, -0.2) is 37.4 Å². The zero-order valence-electron chi connectivity index (χ0n) is 16.6. The monoisotopic (exact) mass is 369 g/mol. The first-order valence-corrected chi connectivity index (χ1v) is 8.78. The van der Waals surface area contributed by atoms with E-state index < -0.39 is 0 Å². The van der Waals surface area contributed by atoms with Gasteiger partial charge in [0.05, 0.1) is 19.3 Å². The van der Waals surface area contributed by atoms with Gasteiger partial charge in [-0.2, -0.15) is 0 Å². The van der Waals surface area contributed by atoms with Gasteiger partial charge in [0, 0.05) is 19.2 Å². The number of nitrogens with one attached hydrogen (secondary N) is 2. The normalized spacial score (nSPS) is 10.6. The molecule has 2 N–H and O–H groups in total. The Hall–Kier alpha value is -2.86. The van der Waals surface area contributed by atoms with Crippen LogP contribution in [0.4, 0.5) is 11.4 Å². The molecule has 2 aromatic rings. The van der Waals surface area contributed by atoms with Gasteiger partial charge in [0.2, 0.25) is 11.8 Å². The van der Waals surface area contributed by atoms with Crippen molar-refractivity contribution in [2.45, 2.75) is 27.3 Å². The average Bonchev–Trinajstić information content (AvgIpc) is 2.57. The highest BCUT2D eigenvalue weighted by Crippen LogP contribution is 2.27. The van der Waals surface area contributed by atoms with Crippen molar-refractivity contribution < 1.29 is 14.3 Å². The van der Waals surface area contributed by atoms with Crippen LogP contribution in [0.3, 0.4) is 0 Å². The second-order valence-electron chi connectivity index (χ2n) is 6.75. The van der Waals surface area contributed by atoms with Gasteiger partial charge < -0.3 is 15.4 Å². The molecule has 0 unspecified atom stereocenters. The van der Waals surface area contributed by atoms with Crippen LogP contribution in [-0.2, 0) is 16.1 Å². The van der Waals surface area contributed by atoms with Crippen LogP contribution in [0, 0.1) is 13.8 Å². The Morgan fingerprint density at radius 2 is 1.81 bits per heavy atom. The molecule has 2 aromatic carbocycles. The minimum atomic E-state index is -0.175. The maximum Gasteiger partial charge on any atom is 0.238 e. The van der Waals surface area contributed by atoms with Crippen LogP contribution >= 0.6 is 0 Å². The zero-order valence-corrected chi connectivity index (χ0v) is 16.6. The first-order chi connectivity index (χ1) is 12.8. The van der Waals surface area contributed by atoms with Gasteiger partial charge in [-0.05, 0) is 50.2 Å². The van der Waals surface area contributed by atoms with Gasteiger partial charge in [0.15, 0.2) is 0 Å². The zero-order chi connectivity index (χ0) is 20.0. The lowest BCUT2D eigenvalue weighted by Gasteiger charge is -2.19. The molecule has 0 aliphatic carbocycles. The highest BCUT2D eigenvalue weighted by molar-refractivity contribution is 5.95. The van der Waals surface area contributed by atoms with E-state index in [1.54, 1.807) is 18.2 Å². The number of rotatable bonds is 7. The summed E-state index contributed by atoms with van der Waals surface area (Å²) in [7, 11) is 3.44. The number of benzene rings is 2. The standard InChI is InChI=1S/C21H27N3O3/c1-14-6-7-17(15(2)10-14)12-24(4)13-21(26)23-19-11-18(22-16(3)25)8-9-20(19)27-5/h6-11H,12-13H2,1-5H3,(H,22,25)(H,23,26). The minimum Gasteiger partial charge on any atom is -0.495 e. The first kappa shape index (κ1) is 20.5. The van der Waals surface area contributed by atoms with Crippen molar-refractivity contribution in [3.8, 4) is 5.75 Å². The fourth-order valence-corrected chi connectivity index (χ4v) is 2.89. The molecule has 27 heavy (non-hydrogen) atoms. The number of ether oxygens (including phenoxy) is 1. The van der Waals surface area contributed by atoms with Gasteiger partial charge in [-0.1, -0.05) is 23.8 Å². The van der Waals surface area contributed by atoms with E-state index in [-0.39, 0.29) is 18.4 Å². The van der Waals surface area contributed by atoms with Gasteiger partial charge in [-0.3, -0.25) is 14.5 Å². The van der Waals surface area contributed by atoms with E-state index in [2.05, 4.69) is 42.7 Å². The molecule has 0 fully saturated rings. The van der Waals surface area contributed by atoms with E-state index in [9.17, 15) is 9.59 Å². The molecule has 6 heteroatoms. The fraction of sp³-hybridized carbons (Fsp3) is 0.333. The summed E-state index contributed by atoms with van der Waals surface area (Å²) < 4.78 is 5.29. The van der Waals surface area contributed by atoms with Gasteiger partial charge >= 0.3 is 0 Å². The molecule has 0 saturated carbocycles. The van der Waals surface area contributed by atoms with Crippen LogP contribution in [0.1, 0.15) is 23.6 Å². The second-order valence-corrected chi connectivity index (χ2v) is 6.75. The largest absolute Gasteiger partial charge is 0.495 e. The number of likely N-dealkylation sites (N-methyl/N-ethyl adjacent to an activating group) is 1. The smallest absolute Gasteiger partial charge is 0.238 e. The third-order valence-corrected chi connectivity index (χ3v) is 4.15. The number of hydrogen-bond acceptors (Lipinski definition) is 4. The number of carbonyl (C=O) groups is 2. The Bertz CT molecular complexity index is 833. The number of carbonyl (C=O) groups excluding carboxylic acids is 2. The Kier molecular flexibility index (Phi) is 6.96. The second kappa shape index (κ2) is 9.19. The van der Waals surface area contributed by atoms with E-state index in [1.165, 1.54) is 30.7 Å². The highest BCUT2D eigenvalue weighted by Gasteiger charge is 2.12. The molecule has 0 saturated heterocycles. The highest BCUT2D eigenvalue weighted by atomic mass is 16.5. The lowest BCUT2D eigenvalue weighted by molar-refractivity contribution is -0.117. The first-order valence-electron chi connectivity index (χ1n) is 8.78. The van der Waals surface area contributed by atoms with Gasteiger partial charge in [0.1, 0.15) is 5.75 Å². The molecule has 2 amide bonds. The third-order valence-electron chi connectivity index (χ3n) is 4.15. The summed E-state index contributed by atoms with van der Waals surface area (Å²) in [5.74, 6) is 0.209. The molecule has 2 rings (SSSR count). The summed E-state index contributed by atoms with van der Waals surface area (Å²) in [6.45, 7) is 6.50. The van der Waals surface area contributed by atoms with E-state index in [0.29, 0.717) is 23.7 Å². The molecule has 0 spiro atoms. The lowest BCUT2D eigenvalue weighted by Crippen LogP contribution is -2.30. The molecular formula is C21H27N3O3. The Labute approximate surface area is 160 Å². The molecule has 0 aromatic heterocycles. The predicted molar refractivity (Wildman–Crippen MR) is 108 cm³/mol. The van der Waals surface area contributed by atoms with Crippen molar-refractivity contribution in [2.75, 3.05) is 31.3 Å². The molecule has 0 heterocycles. The predicted octanol–water partition coefficient (Wildman–Crippen LogP) is 3.34. The maximum absolute atomic E-state index is 12.5. The van der Waals surface area contributed by atoms with Gasteiger partial charge in [0.25, 0.3) is 0 Å². The SMILES string of the molecule is COc1ccc(NC(C)=O)cc1NC(=O)CN(C)Cc1ccc(C)cc1C. The number of nitrogens with zero attached hydrogens (tertiary/aromatic N) is 1. The number of methoxy groups -OCH3 is 1. The number of aryl methyl sites for hydroxylation is 2. The number of hydrogen-bond donors (Lipinski definition) is 2. The van der Waals surface area contributed by atoms with E-state index >= 15 is 0 Å². The number of anilines is 2. The molecule has 144 valence electrons. The molecule has 0 aliphatic rings. The van der Waals surface area contributed by atoms with Gasteiger partial charge in [-0.15, -0.1) is 0 Å². The minimum absolute atomic E-state index is 0.152. The molecule has 6 nitrogen and oxygen atoms in total. The van der Waals surface area contributed by atoms with Crippen LogP contribution in [0.25, 0.3) is 0 Å². The lowest BCUT2D eigenvalue weighted by atomic mass is 10.1. The van der Waals surface area contributed by atoms with E-state index in [1.807, 2.05) is 11.9 Å².